The molecule has 0 radical (unpaired) electrons. The molecule has 0 atom stereocenters. The van der Waals surface area contributed by atoms with Gasteiger partial charge in [-0.1, -0.05) is 26.7 Å². The van der Waals surface area contributed by atoms with Gasteiger partial charge in [-0.05, 0) is 5.92 Å². The number of hydrogen-bond donors (Lipinski definition) is 6. The van der Waals surface area contributed by atoms with Gasteiger partial charge in [0.25, 0.3) is 0 Å². The number of primary amides is 1. The molecule has 8 nitrogen and oxygen atoms in total. The van der Waals surface area contributed by atoms with E-state index in [1.165, 1.54) is 0 Å². The molecule has 0 rings (SSSR count). The van der Waals surface area contributed by atoms with Crippen LogP contribution in [0.15, 0.2) is 0 Å². The van der Waals surface area contributed by atoms with Crippen LogP contribution in [-0.4, -0.2) is 52.4 Å². The van der Waals surface area contributed by atoms with E-state index in [0.29, 0.717) is 5.92 Å². The predicted molar refractivity (Wildman–Crippen MR) is 74.2 cm³/mol. The fraction of sp³-hybridized carbons (Fsp3) is 0.667. The van der Waals surface area contributed by atoms with Gasteiger partial charge in [0.1, 0.15) is 0 Å². The lowest BCUT2D eigenvalue weighted by Crippen LogP contribution is -2.31. The monoisotopic (exact) mass is 292 g/mol. The summed E-state index contributed by atoms with van der Waals surface area (Å²) in [5, 5.41) is 34.6. The third-order valence-corrected chi connectivity index (χ3v) is 2.46. The molecule has 0 aliphatic carbocycles. The molecule has 0 aliphatic heterocycles. The zero-order chi connectivity index (χ0) is 16.8. The summed E-state index contributed by atoms with van der Waals surface area (Å²) in [5.74, 6) is 2.43. The Morgan fingerprint density at radius 3 is 1.70 bits per heavy atom. The molecule has 0 saturated heterocycles. The van der Waals surface area contributed by atoms with E-state index in [9.17, 15) is 4.79 Å². The summed E-state index contributed by atoms with van der Waals surface area (Å²) in [5.41, 5.74) is 3.72. The molecule has 0 spiro atoms. The third-order valence-electron chi connectivity index (χ3n) is 2.46. The highest BCUT2D eigenvalue weighted by atomic mass is 16.4. The minimum absolute atomic E-state index is 0.0567. The van der Waals surface area contributed by atoms with Crippen LogP contribution in [0.5, 0.6) is 0 Å². The second kappa shape index (κ2) is 13.5. The fourth-order valence-electron chi connectivity index (χ4n) is 0.542. The summed E-state index contributed by atoms with van der Waals surface area (Å²) in [6, 6.07) is 0. The largest absolute Gasteiger partial charge is 0.465 e. The maximum atomic E-state index is 9.55. The van der Waals surface area contributed by atoms with E-state index >= 15 is 0 Å². The standard InChI is InChI=1S/C7H16O2.C4H5NO2.CH3NO2/c1-6(2)7(3,4-8)5-9;1-2-3-5-4(6)7;2-1(3)4/h6,8-9H,4-5H2,1-3H3;1,5H,3H2,(H,6,7);2H2,(H,3,4). The summed E-state index contributed by atoms with van der Waals surface area (Å²) in [4.78, 5) is 18.3. The van der Waals surface area contributed by atoms with Crippen molar-refractivity contribution >= 4 is 12.2 Å². The molecule has 0 aromatic carbocycles. The molecular formula is C12H24N2O6. The Balaban J connectivity index is -0.000000234. The summed E-state index contributed by atoms with van der Waals surface area (Å²) >= 11 is 0. The maximum absolute atomic E-state index is 9.55. The summed E-state index contributed by atoms with van der Waals surface area (Å²) < 4.78 is 0. The number of amides is 2. The highest BCUT2D eigenvalue weighted by molar-refractivity contribution is 5.64. The zero-order valence-electron chi connectivity index (χ0n) is 12.0. The molecule has 0 unspecified atom stereocenters. The Morgan fingerprint density at radius 1 is 1.30 bits per heavy atom. The number of terminal acetylenes is 1. The van der Waals surface area contributed by atoms with Gasteiger partial charge in [-0.25, -0.2) is 9.59 Å². The highest BCUT2D eigenvalue weighted by Gasteiger charge is 2.25. The van der Waals surface area contributed by atoms with Crippen LogP contribution in [0.4, 0.5) is 9.59 Å². The Kier molecular flexibility index (Phi) is 15.6. The van der Waals surface area contributed by atoms with Crippen molar-refractivity contribution in [2.24, 2.45) is 17.1 Å². The molecule has 20 heavy (non-hydrogen) atoms. The summed E-state index contributed by atoms with van der Waals surface area (Å²) in [6.07, 6.45) is 2.28. The Hall–Kier alpha value is -1.98. The number of aliphatic hydroxyl groups is 2. The Labute approximate surface area is 118 Å². The molecule has 8 heteroatoms. The van der Waals surface area contributed by atoms with Gasteiger partial charge in [0.15, 0.2) is 0 Å². The number of hydrogen-bond acceptors (Lipinski definition) is 4. The minimum atomic E-state index is -1.33. The quantitative estimate of drug-likeness (QED) is 0.405. The van der Waals surface area contributed by atoms with Crippen molar-refractivity contribution < 1.29 is 30.0 Å². The Morgan fingerprint density at radius 2 is 1.65 bits per heavy atom. The van der Waals surface area contributed by atoms with E-state index in [2.05, 4.69) is 11.7 Å². The van der Waals surface area contributed by atoms with Crippen molar-refractivity contribution in [2.45, 2.75) is 20.8 Å². The molecule has 0 saturated carbocycles. The average Bonchev–Trinajstić information content (AvgIpc) is 2.35. The van der Waals surface area contributed by atoms with Crippen LogP contribution in [-0.2, 0) is 0 Å². The normalized spacial score (nSPS) is 9.25. The van der Waals surface area contributed by atoms with Crippen molar-refractivity contribution in [3.8, 4) is 12.3 Å². The molecular weight excluding hydrogens is 268 g/mol. The smallest absolute Gasteiger partial charge is 0.405 e. The first-order chi connectivity index (χ1) is 9.07. The third kappa shape index (κ3) is 18.4. The van der Waals surface area contributed by atoms with Crippen LogP contribution in [0, 0.1) is 23.7 Å². The van der Waals surface area contributed by atoms with E-state index < -0.39 is 12.2 Å². The van der Waals surface area contributed by atoms with Gasteiger partial charge >= 0.3 is 12.2 Å². The van der Waals surface area contributed by atoms with Crippen molar-refractivity contribution in [3.05, 3.63) is 0 Å². The van der Waals surface area contributed by atoms with E-state index in [-0.39, 0.29) is 25.2 Å². The minimum Gasteiger partial charge on any atom is -0.465 e. The molecule has 2 amide bonds. The van der Waals surface area contributed by atoms with Crippen LogP contribution in [0.2, 0.25) is 0 Å². The van der Waals surface area contributed by atoms with Gasteiger partial charge in [0.05, 0.1) is 19.8 Å². The molecule has 7 N–H and O–H groups in total. The van der Waals surface area contributed by atoms with Crippen LogP contribution in [0.1, 0.15) is 20.8 Å². The number of aliphatic hydroxyl groups excluding tert-OH is 2. The zero-order valence-corrected chi connectivity index (χ0v) is 12.0. The van der Waals surface area contributed by atoms with Crippen LogP contribution >= 0.6 is 0 Å². The highest BCUT2D eigenvalue weighted by Crippen LogP contribution is 2.24. The lowest BCUT2D eigenvalue weighted by molar-refractivity contribution is 0.0322. The molecule has 0 heterocycles. The topological polar surface area (TPSA) is 153 Å². The van der Waals surface area contributed by atoms with E-state index in [0.717, 1.165) is 0 Å². The van der Waals surface area contributed by atoms with Gasteiger partial charge in [0, 0.05) is 5.41 Å². The number of nitrogens with one attached hydrogen (secondary N) is 1. The second-order valence-electron chi connectivity index (χ2n) is 4.33. The second-order valence-corrected chi connectivity index (χ2v) is 4.33. The number of carbonyl (C=O) groups is 2. The lowest BCUT2D eigenvalue weighted by Gasteiger charge is -2.28. The SMILES string of the molecule is C#CCNC(=O)O.CC(C)C(C)(CO)CO.NC(=O)O. The van der Waals surface area contributed by atoms with Gasteiger partial charge in [-0.2, -0.15) is 0 Å². The van der Waals surface area contributed by atoms with E-state index in [1.807, 2.05) is 26.1 Å². The van der Waals surface area contributed by atoms with Gasteiger partial charge < -0.3 is 31.5 Å². The molecule has 118 valence electrons. The lowest BCUT2D eigenvalue weighted by atomic mass is 9.81. The molecule has 0 aromatic heterocycles. The molecule has 0 bridgehead atoms. The maximum Gasteiger partial charge on any atom is 0.405 e. The Bertz CT molecular complexity index is 304. The van der Waals surface area contributed by atoms with Crippen LogP contribution in [0.3, 0.4) is 0 Å². The fourth-order valence-corrected chi connectivity index (χ4v) is 0.542. The summed E-state index contributed by atoms with van der Waals surface area (Å²) in [6.45, 7) is 6.05. The summed E-state index contributed by atoms with van der Waals surface area (Å²) in [7, 11) is 0. The number of rotatable bonds is 4. The first kappa shape index (κ1) is 23.1. The number of carboxylic acid groups (broad SMARTS) is 2. The number of nitrogens with two attached hydrogens (primary N) is 1. The van der Waals surface area contributed by atoms with Gasteiger partial charge in [-0.3, -0.25) is 0 Å². The average molecular weight is 292 g/mol. The molecule has 0 aliphatic rings. The van der Waals surface area contributed by atoms with Crippen molar-refractivity contribution in [1.29, 1.82) is 0 Å². The van der Waals surface area contributed by atoms with Crippen molar-refractivity contribution in [2.75, 3.05) is 19.8 Å². The molecule has 0 fully saturated rings. The molecule has 0 aromatic rings. The predicted octanol–water partition coefficient (Wildman–Crippen LogP) is 0.144. The van der Waals surface area contributed by atoms with Gasteiger partial charge in [0.2, 0.25) is 0 Å². The van der Waals surface area contributed by atoms with Crippen molar-refractivity contribution in [3.63, 3.8) is 0 Å². The van der Waals surface area contributed by atoms with Crippen molar-refractivity contribution in [1.82, 2.24) is 5.32 Å². The van der Waals surface area contributed by atoms with Gasteiger partial charge in [-0.15, -0.1) is 6.42 Å². The first-order valence-electron chi connectivity index (χ1n) is 5.67. The van der Waals surface area contributed by atoms with Crippen LogP contribution in [0.25, 0.3) is 0 Å². The van der Waals surface area contributed by atoms with E-state index in [4.69, 9.17) is 31.6 Å². The first-order valence-corrected chi connectivity index (χ1v) is 5.67. The van der Waals surface area contributed by atoms with Crippen LogP contribution < -0.4 is 11.1 Å². The van der Waals surface area contributed by atoms with E-state index in [1.54, 1.807) is 0 Å².